The summed E-state index contributed by atoms with van der Waals surface area (Å²) in [5, 5.41) is 11.4. The van der Waals surface area contributed by atoms with Crippen molar-refractivity contribution < 1.29 is 17.9 Å². The molecular weight excluding hydrogens is 444 g/mol. The van der Waals surface area contributed by atoms with Gasteiger partial charge in [-0.05, 0) is 24.1 Å². The fourth-order valence-electron chi connectivity index (χ4n) is 2.42. The van der Waals surface area contributed by atoms with Gasteiger partial charge >= 0.3 is 0 Å². The van der Waals surface area contributed by atoms with Gasteiger partial charge in [-0.25, -0.2) is 8.42 Å². The van der Waals surface area contributed by atoms with Gasteiger partial charge in [0.2, 0.25) is 15.2 Å². The molecule has 8 nitrogen and oxygen atoms in total. The summed E-state index contributed by atoms with van der Waals surface area (Å²) in [6, 6.07) is 4.61. The zero-order valence-corrected chi connectivity index (χ0v) is 18.6. The molecule has 0 saturated carbocycles. The Morgan fingerprint density at radius 2 is 2.21 bits per heavy atom. The van der Waals surface area contributed by atoms with Crippen molar-refractivity contribution in [3.8, 4) is 5.75 Å². The van der Waals surface area contributed by atoms with Crippen LogP contribution in [0.1, 0.15) is 13.8 Å². The molecule has 1 aromatic heterocycles. The van der Waals surface area contributed by atoms with E-state index in [1.54, 1.807) is 23.9 Å². The first kappa shape index (κ1) is 21.2. The molecule has 1 atom stereocenters. The van der Waals surface area contributed by atoms with Crippen molar-refractivity contribution in [2.45, 2.75) is 24.3 Å². The number of ether oxygens (including phenoxy) is 1. The Bertz CT molecular complexity index is 980. The van der Waals surface area contributed by atoms with Gasteiger partial charge in [0.25, 0.3) is 5.91 Å². The van der Waals surface area contributed by atoms with E-state index >= 15 is 0 Å². The number of aromatic nitrogens is 2. The van der Waals surface area contributed by atoms with Gasteiger partial charge in [0.1, 0.15) is 5.75 Å². The lowest BCUT2D eigenvalue weighted by Crippen LogP contribution is -2.48. The summed E-state index contributed by atoms with van der Waals surface area (Å²) in [5.41, 5.74) is 0.308. The molecular formula is C16H19ClN4O4S3. The SMILES string of the molecule is CC(C)CSc1nnc(NC(=O)[C@@H]2CN(S(C)(=O)=O)c3cc(Cl)ccc3O2)s1. The number of fused-ring (bicyclic) bond motifs is 1. The summed E-state index contributed by atoms with van der Waals surface area (Å²) in [4.78, 5) is 12.6. The molecule has 1 aliphatic rings. The lowest BCUT2D eigenvalue weighted by molar-refractivity contribution is -0.122. The highest BCUT2D eigenvalue weighted by Gasteiger charge is 2.35. The first-order valence-corrected chi connectivity index (χ1v) is 12.4. The van der Waals surface area contributed by atoms with Crippen LogP contribution in [0.3, 0.4) is 0 Å². The second-order valence-electron chi connectivity index (χ2n) is 6.58. The van der Waals surface area contributed by atoms with Crippen LogP contribution in [-0.2, 0) is 14.8 Å². The standard InChI is InChI=1S/C16H19ClN4O4S3/c1-9(2)8-26-16-20-19-15(27-16)18-14(22)13-7-21(28(3,23)24)11-6-10(17)4-5-12(11)25-13/h4-6,9,13H,7-8H2,1-3H3,(H,18,19,22)/t13-/m0/s1. The number of rotatable bonds is 6. The fourth-order valence-corrected chi connectivity index (χ4v) is 5.22. The number of amides is 1. The van der Waals surface area contributed by atoms with Crippen LogP contribution in [-0.4, -0.2) is 49.2 Å². The van der Waals surface area contributed by atoms with Crippen LogP contribution in [0.5, 0.6) is 5.75 Å². The summed E-state index contributed by atoms with van der Waals surface area (Å²) in [6.45, 7) is 4.05. The Labute approximate surface area is 176 Å². The molecule has 1 N–H and O–H groups in total. The molecule has 12 heteroatoms. The van der Waals surface area contributed by atoms with Gasteiger partial charge in [0, 0.05) is 10.8 Å². The average molecular weight is 463 g/mol. The zero-order valence-electron chi connectivity index (χ0n) is 15.4. The molecule has 3 rings (SSSR count). The van der Waals surface area contributed by atoms with E-state index in [2.05, 4.69) is 29.4 Å². The Kier molecular flexibility index (Phi) is 6.37. The number of halogens is 1. The van der Waals surface area contributed by atoms with Gasteiger partial charge in [-0.1, -0.05) is 48.5 Å². The average Bonchev–Trinajstić information content (AvgIpc) is 3.05. The number of nitrogens with one attached hydrogen (secondary N) is 1. The normalized spacial score (nSPS) is 16.6. The third-order valence-corrected chi connectivity index (χ3v) is 7.44. The molecule has 0 radical (unpaired) electrons. The molecule has 0 unspecified atom stereocenters. The number of hydrogen-bond acceptors (Lipinski definition) is 8. The molecule has 28 heavy (non-hydrogen) atoms. The smallest absolute Gasteiger partial charge is 0.269 e. The Balaban J connectivity index is 1.75. The maximum atomic E-state index is 12.6. The topological polar surface area (TPSA) is 101 Å². The molecule has 0 bridgehead atoms. The summed E-state index contributed by atoms with van der Waals surface area (Å²) in [6.07, 6.45) is 0.0417. The van der Waals surface area contributed by atoms with Crippen LogP contribution in [0.15, 0.2) is 22.5 Å². The zero-order chi connectivity index (χ0) is 20.5. The number of carbonyl (C=O) groups is 1. The molecule has 1 aromatic carbocycles. The van der Waals surface area contributed by atoms with E-state index in [1.165, 1.54) is 17.4 Å². The van der Waals surface area contributed by atoms with Gasteiger partial charge in [0.15, 0.2) is 10.4 Å². The predicted molar refractivity (Wildman–Crippen MR) is 112 cm³/mol. The van der Waals surface area contributed by atoms with Crippen molar-refractivity contribution >= 4 is 61.4 Å². The molecule has 1 aliphatic heterocycles. The lowest BCUT2D eigenvalue weighted by atomic mass is 10.2. The lowest BCUT2D eigenvalue weighted by Gasteiger charge is -2.33. The Morgan fingerprint density at radius 3 is 2.89 bits per heavy atom. The third-order valence-electron chi connectivity index (χ3n) is 3.66. The number of sulfonamides is 1. The first-order chi connectivity index (χ1) is 13.1. The molecule has 0 spiro atoms. The maximum absolute atomic E-state index is 12.6. The third kappa shape index (κ3) is 5.07. The highest BCUT2D eigenvalue weighted by Crippen LogP contribution is 2.37. The van der Waals surface area contributed by atoms with E-state index in [0.717, 1.165) is 20.7 Å². The van der Waals surface area contributed by atoms with Crippen LogP contribution < -0.4 is 14.4 Å². The largest absolute Gasteiger partial charge is 0.476 e. The molecule has 0 aliphatic carbocycles. The molecule has 0 saturated heterocycles. The van der Waals surface area contributed by atoms with Gasteiger partial charge < -0.3 is 4.74 Å². The van der Waals surface area contributed by atoms with Crippen molar-refractivity contribution in [1.29, 1.82) is 0 Å². The highest BCUT2D eigenvalue weighted by molar-refractivity contribution is 8.01. The number of hydrogen-bond donors (Lipinski definition) is 1. The van der Waals surface area contributed by atoms with E-state index in [1.807, 2.05) is 0 Å². The molecule has 152 valence electrons. The number of thioether (sulfide) groups is 1. The Morgan fingerprint density at radius 1 is 1.46 bits per heavy atom. The van der Waals surface area contributed by atoms with Crippen molar-refractivity contribution in [2.75, 3.05) is 28.2 Å². The van der Waals surface area contributed by atoms with Crippen LogP contribution >= 0.6 is 34.7 Å². The van der Waals surface area contributed by atoms with E-state index < -0.39 is 22.0 Å². The van der Waals surface area contributed by atoms with Crippen molar-refractivity contribution in [3.05, 3.63) is 23.2 Å². The predicted octanol–water partition coefficient (Wildman–Crippen LogP) is 3.11. The molecule has 2 heterocycles. The number of carbonyl (C=O) groups excluding carboxylic acids is 1. The number of benzene rings is 1. The molecule has 1 amide bonds. The molecule has 2 aromatic rings. The van der Waals surface area contributed by atoms with E-state index in [0.29, 0.717) is 21.8 Å². The second-order valence-corrected chi connectivity index (χ2v) is 11.2. The summed E-state index contributed by atoms with van der Waals surface area (Å²) < 4.78 is 32.0. The first-order valence-electron chi connectivity index (χ1n) is 8.34. The highest BCUT2D eigenvalue weighted by atomic mass is 35.5. The number of anilines is 2. The van der Waals surface area contributed by atoms with Gasteiger partial charge in [0.05, 0.1) is 18.5 Å². The molecule has 0 fully saturated rings. The fraction of sp³-hybridized carbons (Fsp3) is 0.438. The van der Waals surface area contributed by atoms with Crippen LogP contribution in [0, 0.1) is 5.92 Å². The minimum absolute atomic E-state index is 0.161. The van der Waals surface area contributed by atoms with Gasteiger partial charge in [-0.2, -0.15) is 0 Å². The Hall–Kier alpha value is -1.56. The quantitative estimate of drug-likeness (QED) is 0.519. The van der Waals surface area contributed by atoms with Crippen LogP contribution in [0.4, 0.5) is 10.8 Å². The second kappa shape index (κ2) is 8.44. The van der Waals surface area contributed by atoms with E-state index in [9.17, 15) is 13.2 Å². The van der Waals surface area contributed by atoms with Crippen molar-refractivity contribution in [1.82, 2.24) is 10.2 Å². The minimum Gasteiger partial charge on any atom is -0.476 e. The van der Waals surface area contributed by atoms with Crippen molar-refractivity contribution in [2.24, 2.45) is 5.92 Å². The van der Waals surface area contributed by atoms with Crippen LogP contribution in [0.25, 0.3) is 0 Å². The van der Waals surface area contributed by atoms with Gasteiger partial charge in [-0.3, -0.25) is 14.4 Å². The van der Waals surface area contributed by atoms with Gasteiger partial charge in [-0.15, -0.1) is 10.2 Å². The summed E-state index contributed by atoms with van der Waals surface area (Å²) >= 11 is 8.81. The monoisotopic (exact) mass is 462 g/mol. The minimum atomic E-state index is -3.62. The van der Waals surface area contributed by atoms with E-state index in [4.69, 9.17) is 16.3 Å². The summed E-state index contributed by atoms with van der Waals surface area (Å²) in [5.74, 6) is 1.19. The van der Waals surface area contributed by atoms with Crippen molar-refractivity contribution in [3.63, 3.8) is 0 Å². The maximum Gasteiger partial charge on any atom is 0.269 e. The summed E-state index contributed by atoms with van der Waals surface area (Å²) in [7, 11) is -3.62. The van der Waals surface area contributed by atoms with E-state index in [-0.39, 0.29) is 12.3 Å². The number of nitrogens with zero attached hydrogens (tertiary/aromatic N) is 3. The van der Waals surface area contributed by atoms with Crippen LogP contribution in [0.2, 0.25) is 5.02 Å².